The molecule has 184 valence electrons. The molecule has 1 atom stereocenters. The Hall–Kier alpha value is -2.46. The molecule has 1 N–H and O–H groups in total. The SMILES string of the molecule is COc1ccc(CN2CCCN(C(=O)c3cccc(S(=O)(=O)NCC4CCCO4)c3)CC2)cc1. The van der Waals surface area contributed by atoms with Crippen LogP contribution in [0.1, 0.15) is 35.2 Å². The van der Waals surface area contributed by atoms with Crippen molar-refractivity contribution in [1.82, 2.24) is 14.5 Å². The second-order valence-electron chi connectivity index (χ2n) is 8.78. The van der Waals surface area contributed by atoms with E-state index in [2.05, 4.69) is 21.8 Å². The maximum atomic E-state index is 13.2. The van der Waals surface area contributed by atoms with Crippen LogP contribution in [-0.4, -0.2) is 76.7 Å². The van der Waals surface area contributed by atoms with Crippen molar-refractivity contribution in [1.29, 1.82) is 0 Å². The quantitative estimate of drug-likeness (QED) is 0.616. The van der Waals surface area contributed by atoms with E-state index in [1.54, 1.807) is 19.2 Å². The molecule has 2 aliphatic heterocycles. The second kappa shape index (κ2) is 11.3. The number of carbonyl (C=O) groups is 1. The van der Waals surface area contributed by atoms with Crippen LogP contribution in [0.4, 0.5) is 0 Å². The number of nitrogens with one attached hydrogen (secondary N) is 1. The fourth-order valence-corrected chi connectivity index (χ4v) is 5.50. The molecule has 0 bridgehead atoms. The molecule has 0 radical (unpaired) electrons. The second-order valence-corrected chi connectivity index (χ2v) is 10.6. The van der Waals surface area contributed by atoms with Gasteiger partial charge in [-0.3, -0.25) is 9.69 Å². The van der Waals surface area contributed by atoms with Crippen molar-refractivity contribution in [2.24, 2.45) is 0 Å². The summed E-state index contributed by atoms with van der Waals surface area (Å²) in [5.41, 5.74) is 1.59. The van der Waals surface area contributed by atoms with Gasteiger partial charge >= 0.3 is 0 Å². The smallest absolute Gasteiger partial charge is 0.253 e. The first-order valence-corrected chi connectivity index (χ1v) is 13.3. The number of rotatable bonds is 8. The normalized spacial score (nSPS) is 19.7. The van der Waals surface area contributed by atoms with Gasteiger partial charge in [0.25, 0.3) is 5.91 Å². The van der Waals surface area contributed by atoms with Gasteiger partial charge in [0.15, 0.2) is 0 Å². The summed E-state index contributed by atoms with van der Waals surface area (Å²) in [6.45, 7) is 4.64. The minimum atomic E-state index is -3.71. The Morgan fingerprint density at radius 2 is 1.91 bits per heavy atom. The van der Waals surface area contributed by atoms with Crippen molar-refractivity contribution in [3.63, 3.8) is 0 Å². The molecule has 8 nitrogen and oxygen atoms in total. The first-order valence-electron chi connectivity index (χ1n) is 11.8. The Balaban J connectivity index is 1.35. The third-order valence-corrected chi connectivity index (χ3v) is 7.78. The highest BCUT2D eigenvalue weighted by Gasteiger charge is 2.24. The molecule has 4 rings (SSSR count). The minimum Gasteiger partial charge on any atom is -0.497 e. The summed E-state index contributed by atoms with van der Waals surface area (Å²) in [7, 11) is -2.05. The lowest BCUT2D eigenvalue weighted by atomic mass is 10.2. The van der Waals surface area contributed by atoms with E-state index >= 15 is 0 Å². The van der Waals surface area contributed by atoms with Crippen molar-refractivity contribution >= 4 is 15.9 Å². The number of carbonyl (C=O) groups excluding carboxylic acids is 1. The van der Waals surface area contributed by atoms with Gasteiger partial charge in [0.1, 0.15) is 5.75 Å². The first-order chi connectivity index (χ1) is 16.4. The lowest BCUT2D eigenvalue weighted by Gasteiger charge is -2.22. The number of hydrogen-bond donors (Lipinski definition) is 1. The predicted octanol–water partition coefficient (Wildman–Crippen LogP) is 2.50. The number of sulfonamides is 1. The number of hydrogen-bond acceptors (Lipinski definition) is 6. The van der Waals surface area contributed by atoms with Gasteiger partial charge < -0.3 is 14.4 Å². The standard InChI is InChI=1S/C25H33N3O5S/c1-32-22-10-8-20(9-11-22)19-27-12-4-13-28(15-14-27)25(29)21-5-2-7-24(17-21)34(30,31)26-18-23-6-3-16-33-23/h2,5,7-11,17,23,26H,3-4,6,12-16,18-19H2,1H3. The monoisotopic (exact) mass is 487 g/mol. The van der Waals surface area contributed by atoms with E-state index in [0.29, 0.717) is 25.3 Å². The lowest BCUT2D eigenvalue weighted by molar-refractivity contribution is 0.0761. The van der Waals surface area contributed by atoms with Gasteiger partial charge in [-0.05, 0) is 55.2 Å². The van der Waals surface area contributed by atoms with Crippen LogP contribution in [0.15, 0.2) is 53.4 Å². The van der Waals surface area contributed by atoms with E-state index in [0.717, 1.165) is 44.6 Å². The van der Waals surface area contributed by atoms with E-state index in [9.17, 15) is 13.2 Å². The zero-order valence-electron chi connectivity index (χ0n) is 19.6. The Morgan fingerprint density at radius 3 is 2.65 bits per heavy atom. The number of nitrogens with zero attached hydrogens (tertiary/aromatic N) is 2. The molecule has 1 amide bonds. The Labute approximate surface area is 201 Å². The fraction of sp³-hybridized carbons (Fsp3) is 0.480. The third kappa shape index (κ3) is 6.35. The number of methoxy groups -OCH3 is 1. The summed E-state index contributed by atoms with van der Waals surface area (Å²) in [4.78, 5) is 17.5. The van der Waals surface area contributed by atoms with E-state index in [1.165, 1.54) is 17.7 Å². The van der Waals surface area contributed by atoms with Crippen LogP contribution < -0.4 is 9.46 Å². The molecule has 1 unspecified atom stereocenters. The van der Waals surface area contributed by atoms with Gasteiger partial charge in [-0.25, -0.2) is 13.1 Å². The van der Waals surface area contributed by atoms with Gasteiger partial charge in [0.05, 0.1) is 18.1 Å². The fourth-order valence-electron chi connectivity index (χ4n) is 4.39. The largest absolute Gasteiger partial charge is 0.497 e. The topological polar surface area (TPSA) is 88.2 Å². The molecule has 2 aliphatic rings. The average Bonchev–Trinajstić information content (AvgIpc) is 3.28. The van der Waals surface area contributed by atoms with E-state index in [-0.39, 0.29) is 23.5 Å². The molecule has 0 saturated carbocycles. The summed E-state index contributed by atoms with van der Waals surface area (Å²) in [6, 6.07) is 14.3. The molecule has 0 spiro atoms. The maximum Gasteiger partial charge on any atom is 0.253 e. The molecule has 34 heavy (non-hydrogen) atoms. The molecule has 2 aromatic rings. The van der Waals surface area contributed by atoms with Crippen LogP contribution >= 0.6 is 0 Å². The number of benzene rings is 2. The van der Waals surface area contributed by atoms with Crippen LogP contribution in [0.25, 0.3) is 0 Å². The summed E-state index contributed by atoms with van der Waals surface area (Å²) >= 11 is 0. The zero-order valence-corrected chi connectivity index (χ0v) is 20.4. The van der Waals surface area contributed by atoms with Gasteiger partial charge in [0.2, 0.25) is 10.0 Å². The molecule has 2 saturated heterocycles. The van der Waals surface area contributed by atoms with Gasteiger partial charge in [0, 0.05) is 51.4 Å². The van der Waals surface area contributed by atoms with Crippen molar-refractivity contribution in [3.05, 3.63) is 59.7 Å². The maximum absolute atomic E-state index is 13.2. The van der Waals surface area contributed by atoms with Gasteiger partial charge in [-0.2, -0.15) is 0 Å². The highest BCUT2D eigenvalue weighted by Crippen LogP contribution is 2.18. The lowest BCUT2D eigenvalue weighted by Crippen LogP contribution is -2.35. The molecular formula is C25H33N3O5S. The molecule has 2 aromatic carbocycles. The summed E-state index contributed by atoms with van der Waals surface area (Å²) in [6.07, 6.45) is 2.58. The van der Waals surface area contributed by atoms with Crippen LogP contribution in [0.5, 0.6) is 5.75 Å². The number of amides is 1. The molecule has 0 aromatic heterocycles. The molecule has 0 aliphatic carbocycles. The van der Waals surface area contributed by atoms with Crippen LogP contribution in [0.3, 0.4) is 0 Å². The van der Waals surface area contributed by atoms with E-state index < -0.39 is 10.0 Å². The van der Waals surface area contributed by atoms with E-state index in [1.807, 2.05) is 17.0 Å². The number of ether oxygens (including phenoxy) is 2. The van der Waals surface area contributed by atoms with Gasteiger partial charge in [-0.1, -0.05) is 18.2 Å². The van der Waals surface area contributed by atoms with Crippen molar-refractivity contribution in [3.8, 4) is 5.75 Å². The Morgan fingerprint density at radius 1 is 1.09 bits per heavy atom. The molecule has 2 heterocycles. The van der Waals surface area contributed by atoms with Crippen molar-refractivity contribution < 1.29 is 22.7 Å². The van der Waals surface area contributed by atoms with Crippen molar-refractivity contribution in [2.45, 2.75) is 36.8 Å². The summed E-state index contributed by atoms with van der Waals surface area (Å²) in [5, 5.41) is 0. The van der Waals surface area contributed by atoms with E-state index in [4.69, 9.17) is 9.47 Å². The van der Waals surface area contributed by atoms with Crippen molar-refractivity contribution in [2.75, 3.05) is 46.4 Å². The van der Waals surface area contributed by atoms with Crippen LogP contribution in [-0.2, 0) is 21.3 Å². The molecule has 9 heteroatoms. The highest BCUT2D eigenvalue weighted by molar-refractivity contribution is 7.89. The molecule has 2 fully saturated rings. The van der Waals surface area contributed by atoms with Gasteiger partial charge in [-0.15, -0.1) is 0 Å². The summed E-state index contributed by atoms with van der Waals surface area (Å²) in [5.74, 6) is 0.699. The Bertz CT molecular complexity index is 1070. The molecular weight excluding hydrogens is 454 g/mol. The predicted molar refractivity (Wildman–Crippen MR) is 129 cm³/mol. The third-order valence-electron chi connectivity index (χ3n) is 6.36. The van der Waals surface area contributed by atoms with Crippen LogP contribution in [0, 0.1) is 0 Å². The average molecular weight is 488 g/mol. The highest BCUT2D eigenvalue weighted by atomic mass is 32.2. The van der Waals surface area contributed by atoms with Crippen LogP contribution in [0.2, 0.25) is 0 Å². The zero-order chi connectivity index (χ0) is 24.0. The minimum absolute atomic E-state index is 0.0856. The summed E-state index contributed by atoms with van der Waals surface area (Å²) < 4.78 is 38.8. The Kier molecular flexibility index (Phi) is 8.20. The first kappa shape index (κ1) is 24.7.